The lowest BCUT2D eigenvalue weighted by atomic mass is 10.2. The smallest absolute Gasteiger partial charge is 0.291 e. The van der Waals surface area contributed by atoms with Gasteiger partial charge < -0.3 is 29.8 Å². The van der Waals surface area contributed by atoms with Crippen LogP contribution in [-0.4, -0.2) is 33.1 Å². The summed E-state index contributed by atoms with van der Waals surface area (Å²) in [6, 6.07) is 16.6. The van der Waals surface area contributed by atoms with Gasteiger partial charge in [0.05, 0.1) is 20.5 Å². The fourth-order valence-corrected chi connectivity index (χ4v) is 2.89. The molecule has 3 rings (SSSR count). The van der Waals surface area contributed by atoms with E-state index in [4.69, 9.17) is 13.9 Å². The van der Waals surface area contributed by atoms with Gasteiger partial charge in [-0.15, -0.1) is 24.0 Å². The Labute approximate surface area is 204 Å². The molecule has 3 N–H and O–H groups in total. The van der Waals surface area contributed by atoms with Crippen LogP contribution in [0.5, 0.6) is 11.5 Å². The van der Waals surface area contributed by atoms with Crippen LogP contribution >= 0.6 is 24.0 Å². The van der Waals surface area contributed by atoms with Crippen molar-refractivity contribution in [1.82, 2.24) is 10.6 Å². The summed E-state index contributed by atoms with van der Waals surface area (Å²) in [5.74, 6) is 2.04. The van der Waals surface area contributed by atoms with Gasteiger partial charge in [-0.3, -0.25) is 9.79 Å². The number of methoxy groups -OCH3 is 2. The van der Waals surface area contributed by atoms with Crippen molar-refractivity contribution in [2.45, 2.75) is 13.1 Å². The van der Waals surface area contributed by atoms with E-state index in [9.17, 15) is 4.79 Å². The van der Waals surface area contributed by atoms with E-state index in [0.29, 0.717) is 36.2 Å². The normalized spacial score (nSPS) is 10.7. The predicted molar refractivity (Wildman–Crippen MR) is 135 cm³/mol. The van der Waals surface area contributed by atoms with Crippen LogP contribution in [0.25, 0.3) is 0 Å². The average Bonchev–Trinajstić information content (AvgIpc) is 3.35. The van der Waals surface area contributed by atoms with Crippen molar-refractivity contribution in [2.75, 3.05) is 26.6 Å². The van der Waals surface area contributed by atoms with Gasteiger partial charge >= 0.3 is 0 Å². The quantitative estimate of drug-likeness (QED) is 0.223. The van der Waals surface area contributed by atoms with Crippen LogP contribution in [0.1, 0.15) is 21.7 Å². The molecule has 170 valence electrons. The van der Waals surface area contributed by atoms with Crippen molar-refractivity contribution in [1.29, 1.82) is 0 Å². The van der Waals surface area contributed by atoms with Gasteiger partial charge in [-0.1, -0.05) is 18.2 Å². The third kappa shape index (κ3) is 6.91. The molecular formula is C23H27IN4O4. The number of benzene rings is 2. The summed E-state index contributed by atoms with van der Waals surface area (Å²) in [6.45, 7) is 1.16. The maximum Gasteiger partial charge on any atom is 0.291 e. The van der Waals surface area contributed by atoms with Crippen LogP contribution in [-0.2, 0) is 13.1 Å². The molecule has 1 aromatic heterocycles. The topological polar surface area (TPSA) is 97.1 Å². The predicted octanol–water partition coefficient (Wildman–Crippen LogP) is 4.03. The average molecular weight is 550 g/mol. The first kappa shape index (κ1) is 25.1. The van der Waals surface area contributed by atoms with Crippen molar-refractivity contribution < 1.29 is 18.7 Å². The Balaban J connectivity index is 0.00000363. The number of hydrogen-bond acceptors (Lipinski definition) is 5. The van der Waals surface area contributed by atoms with Crippen LogP contribution in [0.3, 0.4) is 0 Å². The number of anilines is 1. The number of rotatable bonds is 8. The van der Waals surface area contributed by atoms with Crippen LogP contribution in [0.15, 0.2) is 70.3 Å². The standard InChI is InChI=1S/C23H26N4O4.HI/c1-24-23(26-15-17-8-11-19(29-2)21(13-17)30-3)25-14-16-6-9-18(10-7-16)27-22(28)20-5-4-12-31-20;/h4-13H,14-15H2,1-3H3,(H,27,28)(H2,24,25,26);1H. The van der Waals surface area contributed by atoms with Crippen LogP contribution in [0.4, 0.5) is 5.69 Å². The molecule has 8 nitrogen and oxygen atoms in total. The number of carbonyl (C=O) groups is 1. The van der Waals surface area contributed by atoms with E-state index in [1.807, 2.05) is 42.5 Å². The van der Waals surface area contributed by atoms with Gasteiger partial charge in [0.1, 0.15) is 0 Å². The zero-order valence-electron chi connectivity index (χ0n) is 18.2. The first-order valence-electron chi connectivity index (χ1n) is 9.72. The Kier molecular flexibility index (Phi) is 9.86. The van der Waals surface area contributed by atoms with Crippen molar-refractivity contribution in [3.63, 3.8) is 0 Å². The van der Waals surface area contributed by atoms with Gasteiger partial charge in [-0.2, -0.15) is 0 Å². The van der Waals surface area contributed by atoms with E-state index in [-0.39, 0.29) is 35.6 Å². The van der Waals surface area contributed by atoms with E-state index in [1.54, 1.807) is 33.4 Å². The SMILES string of the molecule is CN=C(NCc1ccc(NC(=O)c2ccco2)cc1)NCc1ccc(OC)c(OC)c1.I. The highest BCUT2D eigenvalue weighted by Gasteiger charge is 2.09. The molecule has 0 atom stereocenters. The van der Waals surface area contributed by atoms with Gasteiger partial charge in [-0.05, 0) is 47.5 Å². The van der Waals surface area contributed by atoms with E-state index in [2.05, 4.69) is 20.9 Å². The Morgan fingerprint density at radius 1 is 0.938 bits per heavy atom. The minimum absolute atomic E-state index is 0. The summed E-state index contributed by atoms with van der Waals surface area (Å²) in [5, 5.41) is 9.34. The number of nitrogens with one attached hydrogen (secondary N) is 3. The number of ether oxygens (including phenoxy) is 2. The zero-order valence-corrected chi connectivity index (χ0v) is 20.5. The number of amides is 1. The minimum atomic E-state index is -0.282. The number of halogens is 1. The van der Waals surface area contributed by atoms with Crippen molar-refractivity contribution in [3.8, 4) is 11.5 Å². The highest BCUT2D eigenvalue weighted by atomic mass is 127. The van der Waals surface area contributed by atoms with E-state index >= 15 is 0 Å². The minimum Gasteiger partial charge on any atom is -0.493 e. The monoisotopic (exact) mass is 550 g/mol. The van der Waals surface area contributed by atoms with Gasteiger partial charge in [0.2, 0.25) is 0 Å². The Morgan fingerprint density at radius 3 is 2.19 bits per heavy atom. The Hall–Kier alpha value is -3.21. The summed E-state index contributed by atoms with van der Waals surface area (Å²) in [7, 11) is 4.95. The molecule has 1 amide bonds. The molecule has 0 unspecified atom stereocenters. The molecule has 32 heavy (non-hydrogen) atoms. The second kappa shape index (κ2) is 12.6. The van der Waals surface area contributed by atoms with Crippen molar-refractivity contribution in [3.05, 3.63) is 77.7 Å². The second-order valence-corrected chi connectivity index (χ2v) is 6.60. The second-order valence-electron chi connectivity index (χ2n) is 6.60. The maximum atomic E-state index is 12.0. The summed E-state index contributed by atoms with van der Waals surface area (Å²) >= 11 is 0. The van der Waals surface area contributed by atoms with Crippen LogP contribution in [0.2, 0.25) is 0 Å². The van der Waals surface area contributed by atoms with E-state index in [1.165, 1.54) is 6.26 Å². The first-order chi connectivity index (χ1) is 15.1. The molecule has 1 heterocycles. The van der Waals surface area contributed by atoms with Crippen molar-refractivity contribution >= 4 is 41.5 Å². The zero-order chi connectivity index (χ0) is 22.1. The summed E-state index contributed by atoms with van der Waals surface area (Å²) in [4.78, 5) is 16.3. The molecule has 2 aromatic carbocycles. The largest absolute Gasteiger partial charge is 0.493 e. The molecule has 0 radical (unpaired) electrons. The number of carbonyl (C=O) groups excluding carboxylic acids is 1. The lowest BCUT2D eigenvalue weighted by molar-refractivity contribution is 0.0996. The van der Waals surface area contributed by atoms with E-state index in [0.717, 1.165) is 11.1 Å². The summed E-state index contributed by atoms with van der Waals surface area (Å²) in [5.41, 5.74) is 2.78. The lowest BCUT2D eigenvalue weighted by Gasteiger charge is -2.14. The molecule has 0 aliphatic heterocycles. The molecule has 0 bridgehead atoms. The maximum absolute atomic E-state index is 12.0. The van der Waals surface area contributed by atoms with Crippen LogP contribution in [0, 0.1) is 0 Å². The van der Waals surface area contributed by atoms with Gasteiger partial charge in [0.25, 0.3) is 5.91 Å². The summed E-state index contributed by atoms with van der Waals surface area (Å²) < 4.78 is 15.7. The fraction of sp³-hybridized carbons (Fsp3) is 0.217. The van der Waals surface area contributed by atoms with Gasteiger partial charge in [0, 0.05) is 25.8 Å². The number of nitrogens with zero attached hydrogens (tertiary/aromatic N) is 1. The molecule has 3 aromatic rings. The highest BCUT2D eigenvalue weighted by molar-refractivity contribution is 14.0. The van der Waals surface area contributed by atoms with Crippen molar-refractivity contribution in [2.24, 2.45) is 4.99 Å². The van der Waals surface area contributed by atoms with Crippen LogP contribution < -0.4 is 25.4 Å². The molecule has 0 fully saturated rings. The fourth-order valence-electron chi connectivity index (χ4n) is 2.89. The molecule has 0 aliphatic rings. The Bertz CT molecular complexity index is 1020. The molecule has 0 aliphatic carbocycles. The molecule has 0 saturated carbocycles. The number of guanidine groups is 1. The number of aliphatic imine (C=N–C) groups is 1. The molecular weight excluding hydrogens is 523 g/mol. The first-order valence-corrected chi connectivity index (χ1v) is 9.72. The number of furan rings is 1. The number of hydrogen-bond donors (Lipinski definition) is 3. The Morgan fingerprint density at radius 2 is 1.59 bits per heavy atom. The summed E-state index contributed by atoms with van der Waals surface area (Å²) in [6.07, 6.45) is 1.47. The van der Waals surface area contributed by atoms with E-state index < -0.39 is 0 Å². The molecule has 0 spiro atoms. The lowest BCUT2D eigenvalue weighted by Crippen LogP contribution is -2.36. The molecule has 0 saturated heterocycles. The highest BCUT2D eigenvalue weighted by Crippen LogP contribution is 2.27. The van der Waals surface area contributed by atoms with Gasteiger partial charge in [0.15, 0.2) is 23.2 Å². The third-order valence-corrected chi connectivity index (χ3v) is 4.55. The molecule has 9 heteroatoms. The third-order valence-electron chi connectivity index (χ3n) is 4.55. The van der Waals surface area contributed by atoms with Gasteiger partial charge in [-0.25, -0.2) is 0 Å².